The predicted molar refractivity (Wildman–Crippen MR) is 129 cm³/mol. The third kappa shape index (κ3) is 3.86. The van der Waals surface area contributed by atoms with Crippen molar-refractivity contribution < 1.29 is 14.2 Å². The number of hydrogen-bond acceptors (Lipinski definition) is 6. The smallest absolute Gasteiger partial charge is 0.260 e. The van der Waals surface area contributed by atoms with Crippen molar-refractivity contribution in [2.24, 2.45) is 0 Å². The molecule has 1 N–H and O–H groups in total. The lowest BCUT2D eigenvalue weighted by molar-refractivity contribution is 0.355. The Balaban J connectivity index is 1.48. The van der Waals surface area contributed by atoms with E-state index >= 15 is 0 Å². The van der Waals surface area contributed by atoms with Gasteiger partial charge in [-0.25, -0.2) is 4.98 Å². The third-order valence-corrected chi connectivity index (χ3v) is 6.14. The van der Waals surface area contributed by atoms with E-state index in [4.69, 9.17) is 19.2 Å². The molecule has 0 atom stereocenters. The molecule has 5 rings (SSSR count). The highest BCUT2D eigenvalue weighted by Gasteiger charge is 2.20. The zero-order chi connectivity index (χ0) is 22.9. The van der Waals surface area contributed by atoms with Crippen molar-refractivity contribution in [3.63, 3.8) is 0 Å². The molecule has 0 spiro atoms. The first-order chi connectivity index (χ1) is 16.1. The van der Waals surface area contributed by atoms with Crippen LogP contribution in [0.2, 0.25) is 0 Å². The standard InChI is InChI=1S/C26H25N3O4/c1-31-20-8-6-16(7-9-20)18-5-4-17-10-11-29(15-19(17)12-18)26-27-22-14-24(33-3)23(32-2)13-21(22)25(30)28-26/h4-9,12-14H,10-11,15H2,1-3H3,(H,27,28,30). The average Bonchev–Trinajstić information content (AvgIpc) is 2.87. The summed E-state index contributed by atoms with van der Waals surface area (Å²) in [6, 6.07) is 18.0. The van der Waals surface area contributed by atoms with Gasteiger partial charge in [-0.2, -0.15) is 0 Å². The summed E-state index contributed by atoms with van der Waals surface area (Å²) >= 11 is 0. The molecule has 0 saturated heterocycles. The number of aromatic nitrogens is 2. The number of fused-ring (bicyclic) bond motifs is 2. The van der Waals surface area contributed by atoms with E-state index in [9.17, 15) is 4.79 Å². The van der Waals surface area contributed by atoms with Gasteiger partial charge in [-0.1, -0.05) is 24.3 Å². The minimum Gasteiger partial charge on any atom is -0.497 e. The Labute approximate surface area is 191 Å². The molecule has 168 valence electrons. The number of methoxy groups -OCH3 is 3. The van der Waals surface area contributed by atoms with Crippen LogP contribution in [0.15, 0.2) is 59.4 Å². The van der Waals surface area contributed by atoms with Gasteiger partial charge in [0.25, 0.3) is 5.56 Å². The largest absolute Gasteiger partial charge is 0.497 e. The Morgan fingerprint density at radius 3 is 2.30 bits per heavy atom. The van der Waals surface area contributed by atoms with Crippen molar-refractivity contribution in [2.75, 3.05) is 32.8 Å². The molecule has 0 bridgehead atoms. The number of benzene rings is 3. The Kier molecular flexibility index (Phi) is 5.38. The lowest BCUT2D eigenvalue weighted by Crippen LogP contribution is -2.33. The number of aromatic amines is 1. The SMILES string of the molecule is COc1ccc(-c2ccc3c(c2)CN(c2nc4cc(OC)c(OC)cc4c(=O)[nH]2)CC3)cc1. The van der Waals surface area contributed by atoms with Gasteiger partial charge in [-0.3, -0.25) is 9.78 Å². The summed E-state index contributed by atoms with van der Waals surface area (Å²) in [5, 5.41) is 0.468. The Morgan fingerprint density at radius 1 is 0.848 bits per heavy atom. The lowest BCUT2D eigenvalue weighted by atomic mass is 9.95. The number of rotatable bonds is 5. The van der Waals surface area contributed by atoms with Crippen molar-refractivity contribution in [3.8, 4) is 28.4 Å². The summed E-state index contributed by atoms with van der Waals surface area (Å²) in [5.74, 6) is 2.44. The maximum Gasteiger partial charge on any atom is 0.260 e. The number of ether oxygens (including phenoxy) is 3. The fraction of sp³-hybridized carbons (Fsp3) is 0.231. The molecule has 1 aromatic heterocycles. The molecule has 7 heteroatoms. The molecule has 1 aliphatic heterocycles. The highest BCUT2D eigenvalue weighted by Crippen LogP contribution is 2.32. The summed E-state index contributed by atoms with van der Waals surface area (Å²) < 4.78 is 16.0. The summed E-state index contributed by atoms with van der Waals surface area (Å²) in [6.07, 6.45) is 0.881. The second-order valence-corrected chi connectivity index (χ2v) is 8.00. The molecule has 0 saturated carbocycles. The molecular formula is C26H25N3O4. The number of nitrogens with zero attached hydrogens (tertiary/aromatic N) is 2. The average molecular weight is 444 g/mol. The van der Waals surface area contributed by atoms with Gasteiger partial charge >= 0.3 is 0 Å². The van der Waals surface area contributed by atoms with E-state index in [1.807, 2.05) is 12.1 Å². The van der Waals surface area contributed by atoms with Crippen LogP contribution in [0.25, 0.3) is 22.0 Å². The molecule has 0 amide bonds. The minimum atomic E-state index is -0.200. The predicted octanol–water partition coefficient (Wildman–Crippen LogP) is 4.18. The van der Waals surface area contributed by atoms with Crippen LogP contribution in [0.1, 0.15) is 11.1 Å². The van der Waals surface area contributed by atoms with E-state index < -0.39 is 0 Å². The quantitative estimate of drug-likeness (QED) is 0.499. The van der Waals surface area contributed by atoms with E-state index in [1.54, 1.807) is 33.5 Å². The molecule has 3 aromatic carbocycles. The molecule has 0 aliphatic carbocycles. The Morgan fingerprint density at radius 2 is 1.58 bits per heavy atom. The maximum absolute atomic E-state index is 12.8. The fourth-order valence-corrected chi connectivity index (χ4v) is 4.30. The van der Waals surface area contributed by atoms with Gasteiger partial charge in [0, 0.05) is 19.2 Å². The van der Waals surface area contributed by atoms with Gasteiger partial charge < -0.3 is 19.1 Å². The Bertz CT molecular complexity index is 1380. The maximum atomic E-state index is 12.8. The van der Waals surface area contributed by atoms with Crippen LogP contribution in [0, 0.1) is 0 Å². The zero-order valence-corrected chi connectivity index (χ0v) is 18.8. The molecule has 0 unspecified atom stereocenters. The van der Waals surface area contributed by atoms with Crippen LogP contribution in [0.4, 0.5) is 5.95 Å². The zero-order valence-electron chi connectivity index (χ0n) is 18.8. The number of nitrogens with one attached hydrogen (secondary N) is 1. The topological polar surface area (TPSA) is 76.7 Å². The van der Waals surface area contributed by atoms with E-state index in [0.717, 1.165) is 29.8 Å². The van der Waals surface area contributed by atoms with Gasteiger partial charge in [0.2, 0.25) is 5.95 Å². The molecule has 0 fully saturated rings. The second-order valence-electron chi connectivity index (χ2n) is 8.00. The molecule has 7 nitrogen and oxygen atoms in total. The van der Waals surface area contributed by atoms with Crippen molar-refractivity contribution in [3.05, 3.63) is 76.1 Å². The molecule has 33 heavy (non-hydrogen) atoms. The first kappa shape index (κ1) is 20.9. The highest BCUT2D eigenvalue weighted by molar-refractivity contribution is 5.82. The van der Waals surface area contributed by atoms with Gasteiger partial charge in [-0.15, -0.1) is 0 Å². The van der Waals surface area contributed by atoms with Gasteiger partial charge in [0.15, 0.2) is 11.5 Å². The molecule has 0 radical (unpaired) electrons. The van der Waals surface area contributed by atoms with Crippen molar-refractivity contribution in [2.45, 2.75) is 13.0 Å². The summed E-state index contributed by atoms with van der Waals surface area (Å²) in [6.45, 7) is 1.44. The van der Waals surface area contributed by atoms with Gasteiger partial charge in [0.1, 0.15) is 5.75 Å². The second kappa shape index (κ2) is 8.50. The van der Waals surface area contributed by atoms with Crippen LogP contribution >= 0.6 is 0 Å². The lowest BCUT2D eigenvalue weighted by Gasteiger charge is -2.29. The van der Waals surface area contributed by atoms with E-state index in [2.05, 4.69) is 40.2 Å². The van der Waals surface area contributed by atoms with Crippen molar-refractivity contribution in [1.29, 1.82) is 0 Å². The minimum absolute atomic E-state index is 0.200. The number of hydrogen-bond donors (Lipinski definition) is 1. The van der Waals surface area contributed by atoms with Crippen molar-refractivity contribution >= 4 is 16.9 Å². The summed E-state index contributed by atoms with van der Waals surface area (Å²) in [4.78, 5) is 22.6. The first-order valence-electron chi connectivity index (χ1n) is 10.8. The number of anilines is 1. The normalized spacial score (nSPS) is 13.0. The van der Waals surface area contributed by atoms with Crippen LogP contribution < -0.4 is 24.7 Å². The number of H-pyrrole nitrogens is 1. The van der Waals surface area contributed by atoms with Crippen LogP contribution in [-0.4, -0.2) is 37.8 Å². The molecular weight excluding hydrogens is 418 g/mol. The third-order valence-electron chi connectivity index (χ3n) is 6.14. The molecule has 2 heterocycles. The molecule has 4 aromatic rings. The summed E-state index contributed by atoms with van der Waals surface area (Å²) in [7, 11) is 4.78. The van der Waals surface area contributed by atoms with Crippen molar-refractivity contribution in [1.82, 2.24) is 9.97 Å². The van der Waals surface area contributed by atoms with E-state index in [0.29, 0.717) is 34.9 Å². The Hall–Kier alpha value is -4.00. The summed E-state index contributed by atoms with van der Waals surface area (Å²) in [5.41, 5.74) is 5.20. The van der Waals surface area contributed by atoms with Crippen LogP contribution in [-0.2, 0) is 13.0 Å². The highest BCUT2D eigenvalue weighted by atomic mass is 16.5. The molecule has 1 aliphatic rings. The van der Waals surface area contributed by atoms with E-state index in [-0.39, 0.29) is 5.56 Å². The van der Waals surface area contributed by atoms with Gasteiger partial charge in [0.05, 0.1) is 32.2 Å². The van der Waals surface area contributed by atoms with Gasteiger partial charge in [-0.05, 0) is 52.9 Å². The van der Waals surface area contributed by atoms with Crippen LogP contribution in [0.5, 0.6) is 17.2 Å². The monoisotopic (exact) mass is 443 g/mol. The first-order valence-corrected chi connectivity index (χ1v) is 10.8. The van der Waals surface area contributed by atoms with Crippen LogP contribution in [0.3, 0.4) is 0 Å². The fourth-order valence-electron chi connectivity index (χ4n) is 4.30. The van der Waals surface area contributed by atoms with E-state index in [1.165, 1.54) is 11.1 Å².